The van der Waals surface area contributed by atoms with Crippen LogP contribution in [-0.4, -0.2) is 41.8 Å². The molecule has 0 unspecified atom stereocenters. The van der Waals surface area contributed by atoms with Crippen molar-refractivity contribution in [3.05, 3.63) is 102 Å². The summed E-state index contributed by atoms with van der Waals surface area (Å²) >= 11 is 0. The van der Waals surface area contributed by atoms with Crippen LogP contribution >= 0.6 is 0 Å². The second kappa shape index (κ2) is 12.5. The molecule has 1 saturated heterocycles. The fraction of sp³-hybridized carbons (Fsp3) is 0.355. The number of likely N-dealkylation sites (tertiary alicyclic amines) is 1. The lowest BCUT2D eigenvalue weighted by Gasteiger charge is -2.39. The number of hydrogen-bond acceptors (Lipinski definition) is 5. The van der Waals surface area contributed by atoms with Gasteiger partial charge in [0.25, 0.3) is 0 Å². The molecule has 0 aromatic heterocycles. The lowest BCUT2D eigenvalue weighted by atomic mass is 9.85. The smallest absolute Gasteiger partial charge is 0.410 e. The fourth-order valence-electron chi connectivity index (χ4n) is 4.48. The molecule has 7 heteroatoms. The summed E-state index contributed by atoms with van der Waals surface area (Å²) in [4.78, 5) is 27.3. The molecule has 1 heterocycles. The van der Waals surface area contributed by atoms with Crippen LogP contribution in [0.15, 0.2) is 84.9 Å². The van der Waals surface area contributed by atoms with Crippen molar-refractivity contribution in [3.8, 4) is 5.75 Å². The Kier molecular flexibility index (Phi) is 8.89. The number of hydrogen-bond donors (Lipinski definition) is 1. The largest absolute Gasteiger partial charge is 0.489 e. The number of amides is 2. The standard InChI is InChI=1S/C31H36N2O5/c1-31(2,3)38-30(35)33-18-17-27(28(20-33)32-29(34)37-22-24-13-8-5-9-14-24)25-15-10-16-26(19-25)36-21-23-11-6-4-7-12-23/h4-16,19,27-28H,17-18,20-22H2,1-3H3,(H,32,34)/t27-,28+/m1/s1. The van der Waals surface area contributed by atoms with Crippen LogP contribution in [0.5, 0.6) is 5.75 Å². The van der Waals surface area contributed by atoms with Crippen LogP contribution in [0.2, 0.25) is 0 Å². The van der Waals surface area contributed by atoms with Gasteiger partial charge in [0, 0.05) is 19.0 Å². The third kappa shape index (κ3) is 8.00. The number of ether oxygens (including phenoxy) is 3. The quantitative estimate of drug-likeness (QED) is 0.400. The summed E-state index contributed by atoms with van der Waals surface area (Å²) in [6.45, 7) is 7.00. The molecular formula is C31H36N2O5. The van der Waals surface area contributed by atoms with Crippen molar-refractivity contribution < 1.29 is 23.8 Å². The van der Waals surface area contributed by atoms with Gasteiger partial charge in [0.2, 0.25) is 0 Å². The zero-order valence-corrected chi connectivity index (χ0v) is 22.3. The van der Waals surface area contributed by atoms with Gasteiger partial charge in [-0.3, -0.25) is 0 Å². The van der Waals surface area contributed by atoms with Gasteiger partial charge in [-0.2, -0.15) is 0 Å². The third-order valence-corrected chi connectivity index (χ3v) is 6.32. The number of nitrogens with zero attached hydrogens (tertiary/aromatic N) is 1. The van der Waals surface area contributed by atoms with Gasteiger partial charge in [-0.15, -0.1) is 0 Å². The van der Waals surface area contributed by atoms with E-state index in [0.29, 0.717) is 26.1 Å². The SMILES string of the molecule is CC(C)(C)OC(=O)N1CC[C@H](c2cccc(OCc3ccccc3)c2)[C@@H](NC(=O)OCc2ccccc2)C1. The van der Waals surface area contributed by atoms with Gasteiger partial charge in [0.05, 0.1) is 6.04 Å². The highest BCUT2D eigenvalue weighted by Crippen LogP contribution is 2.31. The lowest BCUT2D eigenvalue weighted by molar-refractivity contribution is 0.0167. The molecule has 0 spiro atoms. The predicted octanol–water partition coefficient (Wildman–Crippen LogP) is 6.29. The van der Waals surface area contributed by atoms with Gasteiger partial charge in [-0.05, 0) is 56.0 Å². The van der Waals surface area contributed by atoms with E-state index in [1.54, 1.807) is 4.90 Å². The third-order valence-electron chi connectivity index (χ3n) is 6.32. The van der Waals surface area contributed by atoms with Crippen LogP contribution in [0.3, 0.4) is 0 Å². The van der Waals surface area contributed by atoms with E-state index in [1.807, 2.05) is 106 Å². The molecule has 3 aromatic carbocycles. The van der Waals surface area contributed by atoms with E-state index in [-0.39, 0.29) is 24.7 Å². The first-order chi connectivity index (χ1) is 18.3. The first-order valence-electron chi connectivity index (χ1n) is 13.0. The number of carbonyl (C=O) groups excluding carboxylic acids is 2. The van der Waals surface area contributed by atoms with Crippen LogP contribution in [0.1, 0.15) is 49.8 Å². The minimum absolute atomic E-state index is 0.0294. The molecule has 200 valence electrons. The molecular weight excluding hydrogens is 480 g/mol. The van der Waals surface area contributed by atoms with Crippen LogP contribution in [0, 0.1) is 0 Å². The van der Waals surface area contributed by atoms with Gasteiger partial charge in [-0.25, -0.2) is 9.59 Å². The second-order valence-electron chi connectivity index (χ2n) is 10.5. The molecule has 7 nitrogen and oxygen atoms in total. The minimum atomic E-state index is -0.601. The van der Waals surface area contributed by atoms with Gasteiger partial charge >= 0.3 is 12.2 Å². The molecule has 38 heavy (non-hydrogen) atoms. The van der Waals surface area contributed by atoms with E-state index in [1.165, 1.54) is 0 Å². The van der Waals surface area contributed by atoms with E-state index >= 15 is 0 Å². The average Bonchev–Trinajstić information content (AvgIpc) is 2.91. The summed E-state index contributed by atoms with van der Waals surface area (Å²) in [5.41, 5.74) is 2.43. The number of carbonyl (C=O) groups is 2. The molecule has 1 N–H and O–H groups in total. The van der Waals surface area contributed by atoms with Crippen molar-refractivity contribution in [2.45, 2.75) is 58.0 Å². The van der Waals surface area contributed by atoms with E-state index in [0.717, 1.165) is 22.4 Å². The van der Waals surface area contributed by atoms with Crippen LogP contribution in [0.25, 0.3) is 0 Å². The molecule has 0 bridgehead atoms. The van der Waals surface area contributed by atoms with Gasteiger partial charge in [0.15, 0.2) is 0 Å². The fourth-order valence-corrected chi connectivity index (χ4v) is 4.48. The maximum Gasteiger partial charge on any atom is 0.410 e. The van der Waals surface area contributed by atoms with Crippen molar-refractivity contribution in [2.75, 3.05) is 13.1 Å². The van der Waals surface area contributed by atoms with Crippen molar-refractivity contribution in [1.82, 2.24) is 10.2 Å². The summed E-state index contributed by atoms with van der Waals surface area (Å²) in [7, 11) is 0. The van der Waals surface area contributed by atoms with Crippen molar-refractivity contribution in [1.29, 1.82) is 0 Å². The van der Waals surface area contributed by atoms with E-state index < -0.39 is 11.7 Å². The zero-order valence-electron chi connectivity index (χ0n) is 22.3. The number of alkyl carbamates (subject to hydrolysis) is 1. The predicted molar refractivity (Wildman–Crippen MR) is 146 cm³/mol. The van der Waals surface area contributed by atoms with Crippen molar-refractivity contribution in [2.24, 2.45) is 0 Å². The Morgan fingerprint density at radius 1 is 0.895 bits per heavy atom. The average molecular weight is 517 g/mol. The molecule has 0 saturated carbocycles. The van der Waals surface area contributed by atoms with Gasteiger partial charge in [0.1, 0.15) is 24.6 Å². The number of nitrogens with one attached hydrogen (secondary N) is 1. The van der Waals surface area contributed by atoms with Crippen molar-refractivity contribution >= 4 is 12.2 Å². The highest BCUT2D eigenvalue weighted by Gasteiger charge is 2.35. The highest BCUT2D eigenvalue weighted by atomic mass is 16.6. The second-order valence-corrected chi connectivity index (χ2v) is 10.5. The first kappa shape index (κ1) is 27.0. The Balaban J connectivity index is 1.46. The molecule has 2 atom stereocenters. The van der Waals surface area contributed by atoms with E-state index in [9.17, 15) is 9.59 Å². The monoisotopic (exact) mass is 516 g/mol. The van der Waals surface area contributed by atoms with Crippen LogP contribution in [-0.2, 0) is 22.7 Å². The number of benzene rings is 3. The maximum absolute atomic E-state index is 12.8. The summed E-state index contributed by atoms with van der Waals surface area (Å²) < 4.78 is 17.1. The van der Waals surface area contributed by atoms with E-state index in [4.69, 9.17) is 14.2 Å². The maximum atomic E-state index is 12.8. The topological polar surface area (TPSA) is 77.1 Å². The normalized spacial score (nSPS) is 17.4. The van der Waals surface area contributed by atoms with Gasteiger partial charge < -0.3 is 24.4 Å². The Labute approximate surface area is 224 Å². The summed E-state index contributed by atoms with van der Waals surface area (Å²) in [6.07, 6.45) is -0.253. The Morgan fingerprint density at radius 2 is 1.55 bits per heavy atom. The number of piperidine rings is 1. The van der Waals surface area contributed by atoms with Crippen LogP contribution < -0.4 is 10.1 Å². The summed E-state index contributed by atoms with van der Waals surface area (Å²) in [5, 5.41) is 3.01. The molecule has 3 aromatic rings. The molecule has 1 fully saturated rings. The Morgan fingerprint density at radius 3 is 2.21 bits per heavy atom. The minimum Gasteiger partial charge on any atom is -0.489 e. The van der Waals surface area contributed by atoms with Crippen LogP contribution in [0.4, 0.5) is 9.59 Å². The molecule has 2 amide bonds. The highest BCUT2D eigenvalue weighted by molar-refractivity contribution is 5.70. The van der Waals surface area contributed by atoms with Gasteiger partial charge in [-0.1, -0.05) is 72.8 Å². The van der Waals surface area contributed by atoms with Crippen molar-refractivity contribution in [3.63, 3.8) is 0 Å². The molecule has 4 rings (SSSR count). The summed E-state index contributed by atoms with van der Waals surface area (Å²) in [5.74, 6) is 0.726. The number of rotatable bonds is 7. The Hall–Kier alpha value is -4.00. The molecule has 1 aliphatic heterocycles. The first-order valence-corrected chi connectivity index (χ1v) is 13.0. The summed E-state index contributed by atoms with van der Waals surface area (Å²) in [6, 6.07) is 27.1. The van der Waals surface area contributed by atoms with E-state index in [2.05, 4.69) is 5.32 Å². The zero-order chi connectivity index (χ0) is 27.0. The molecule has 0 aliphatic carbocycles. The molecule has 1 aliphatic rings. The Bertz CT molecular complexity index is 1190. The molecule has 0 radical (unpaired) electrons. The lowest BCUT2D eigenvalue weighted by Crippen LogP contribution is -2.54.